The molecule has 0 radical (unpaired) electrons. The summed E-state index contributed by atoms with van der Waals surface area (Å²) in [4.78, 5) is 16.7. The van der Waals surface area contributed by atoms with Crippen LogP contribution >= 0.6 is 23.5 Å². The predicted octanol–water partition coefficient (Wildman–Crippen LogP) is 5.44. The first-order valence-corrected chi connectivity index (χ1v) is 11.8. The van der Waals surface area contributed by atoms with Gasteiger partial charge in [0.15, 0.2) is 5.58 Å². The van der Waals surface area contributed by atoms with Crippen LogP contribution in [0.4, 0.5) is 0 Å². The molecule has 0 saturated heterocycles. The highest BCUT2D eigenvalue weighted by Crippen LogP contribution is 2.23. The Kier molecular flexibility index (Phi) is 8.77. The first-order valence-electron chi connectivity index (χ1n) is 9.68. The molecule has 154 valence electrons. The number of hydrogen-bond donors (Lipinski definition) is 0. The summed E-state index contributed by atoms with van der Waals surface area (Å²) in [6.07, 6.45) is 2.01. The van der Waals surface area contributed by atoms with E-state index in [0.29, 0.717) is 23.2 Å². The van der Waals surface area contributed by atoms with E-state index in [2.05, 4.69) is 11.9 Å². The Morgan fingerprint density at radius 3 is 2.72 bits per heavy atom. The zero-order valence-corrected chi connectivity index (χ0v) is 18.0. The Morgan fingerprint density at radius 2 is 1.93 bits per heavy atom. The van der Waals surface area contributed by atoms with E-state index >= 15 is 0 Å². The molecule has 1 unspecified atom stereocenters. The lowest BCUT2D eigenvalue weighted by Crippen LogP contribution is -2.28. The van der Waals surface area contributed by atoms with Crippen LogP contribution in [0, 0.1) is 0 Å². The van der Waals surface area contributed by atoms with Crippen LogP contribution in [-0.2, 0) is 9.53 Å². The Labute approximate surface area is 179 Å². The number of thioether (sulfide) groups is 2. The number of fused-ring (bicyclic) bond motifs is 1. The lowest BCUT2D eigenvalue weighted by atomic mass is 10.3. The molecule has 3 aromatic rings. The zero-order chi connectivity index (χ0) is 20.3. The van der Waals surface area contributed by atoms with Gasteiger partial charge in [0.05, 0.1) is 0 Å². The van der Waals surface area contributed by atoms with Crippen LogP contribution in [0.1, 0.15) is 19.8 Å². The lowest BCUT2D eigenvalue weighted by Gasteiger charge is -2.18. The summed E-state index contributed by atoms with van der Waals surface area (Å²) in [5, 5.41) is 0.470. The average molecular weight is 432 g/mol. The maximum atomic E-state index is 12.4. The van der Waals surface area contributed by atoms with Crippen molar-refractivity contribution in [1.82, 2.24) is 4.98 Å². The van der Waals surface area contributed by atoms with Gasteiger partial charge in [0.25, 0.3) is 5.22 Å². The van der Waals surface area contributed by atoms with E-state index in [9.17, 15) is 4.79 Å². The van der Waals surface area contributed by atoms with Crippen LogP contribution in [0.25, 0.3) is 11.1 Å². The molecule has 3 rings (SSSR count). The van der Waals surface area contributed by atoms with Gasteiger partial charge < -0.3 is 13.9 Å². The molecule has 0 spiro atoms. The molecule has 1 aromatic heterocycles. The molecule has 5 nitrogen and oxygen atoms in total. The number of rotatable bonds is 12. The second-order valence-corrected chi connectivity index (χ2v) is 8.48. The lowest BCUT2D eigenvalue weighted by molar-refractivity contribution is -0.145. The molecular weight excluding hydrogens is 406 g/mol. The normalized spacial score (nSPS) is 12.0. The molecule has 0 saturated carbocycles. The van der Waals surface area contributed by atoms with Crippen molar-refractivity contribution in [2.45, 2.75) is 31.1 Å². The van der Waals surface area contributed by atoms with Crippen molar-refractivity contribution in [3.05, 3.63) is 54.6 Å². The minimum Gasteiger partial charge on any atom is -0.490 e. The first-order chi connectivity index (χ1) is 14.2. The molecule has 0 aliphatic carbocycles. The maximum absolute atomic E-state index is 12.4. The van der Waals surface area contributed by atoms with Gasteiger partial charge in [-0.3, -0.25) is 4.79 Å². The van der Waals surface area contributed by atoms with Gasteiger partial charge in [0, 0.05) is 5.75 Å². The maximum Gasteiger partial charge on any atom is 0.316 e. The minimum absolute atomic E-state index is 0.147. The molecule has 0 bridgehead atoms. The largest absolute Gasteiger partial charge is 0.490 e. The number of aromatic nitrogens is 1. The van der Waals surface area contributed by atoms with Crippen molar-refractivity contribution in [2.24, 2.45) is 0 Å². The number of carbonyl (C=O) groups excluding carboxylic acids is 1. The number of unbranched alkanes of at least 4 members (excludes halogenated alkanes) is 1. The summed E-state index contributed by atoms with van der Waals surface area (Å²) in [7, 11) is 0. The van der Waals surface area contributed by atoms with Crippen LogP contribution in [0.2, 0.25) is 0 Å². The monoisotopic (exact) mass is 431 g/mol. The van der Waals surface area contributed by atoms with E-state index in [1.807, 2.05) is 54.6 Å². The highest BCUT2D eigenvalue weighted by molar-refractivity contribution is 7.99. The molecule has 1 heterocycles. The summed E-state index contributed by atoms with van der Waals surface area (Å²) < 4.78 is 17.1. The van der Waals surface area contributed by atoms with Crippen LogP contribution in [0.15, 0.2) is 64.2 Å². The smallest absolute Gasteiger partial charge is 0.316 e. The summed E-state index contributed by atoms with van der Waals surface area (Å²) in [6, 6.07) is 17.1. The minimum atomic E-state index is -0.297. The van der Waals surface area contributed by atoms with E-state index in [0.717, 1.165) is 29.9 Å². The van der Waals surface area contributed by atoms with Gasteiger partial charge in [-0.1, -0.05) is 55.4 Å². The van der Waals surface area contributed by atoms with Gasteiger partial charge >= 0.3 is 5.97 Å². The van der Waals surface area contributed by atoms with E-state index in [-0.39, 0.29) is 17.8 Å². The summed E-state index contributed by atoms with van der Waals surface area (Å²) >= 11 is 3.03. The highest BCUT2D eigenvalue weighted by atomic mass is 32.2. The zero-order valence-electron chi connectivity index (χ0n) is 16.4. The highest BCUT2D eigenvalue weighted by Gasteiger charge is 2.17. The second kappa shape index (κ2) is 11.8. The molecule has 7 heteroatoms. The first kappa shape index (κ1) is 21.6. The van der Waals surface area contributed by atoms with E-state index in [4.69, 9.17) is 13.9 Å². The predicted molar refractivity (Wildman–Crippen MR) is 119 cm³/mol. The molecule has 29 heavy (non-hydrogen) atoms. The van der Waals surface area contributed by atoms with Crippen LogP contribution in [0.3, 0.4) is 0 Å². The van der Waals surface area contributed by atoms with Crippen LogP contribution < -0.4 is 4.74 Å². The van der Waals surface area contributed by atoms with Crippen molar-refractivity contribution < 1.29 is 18.7 Å². The number of ether oxygens (including phenoxy) is 2. The van der Waals surface area contributed by atoms with Crippen molar-refractivity contribution in [2.75, 3.05) is 23.9 Å². The SMILES string of the molecule is CCCCSCC(COc1ccccc1)OC(=O)CSc1nc2ccccc2o1. The summed E-state index contributed by atoms with van der Waals surface area (Å²) in [6.45, 7) is 2.50. The average Bonchev–Trinajstić information content (AvgIpc) is 3.17. The Morgan fingerprint density at radius 1 is 1.14 bits per heavy atom. The number of hydrogen-bond acceptors (Lipinski definition) is 7. The molecule has 0 fully saturated rings. The number of para-hydroxylation sites is 3. The number of benzene rings is 2. The number of nitrogens with zero attached hydrogens (tertiary/aromatic N) is 1. The molecular formula is C22H25NO4S2. The summed E-state index contributed by atoms with van der Waals surface area (Å²) in [5.74, 6) is 2.39. The van der Waals surface area contributed by atoms with E-state index in [1.54, 1.807) is 11.8 Å². The molecule has 2 aromatic carbocycles. The third-order valence-electron chi connectivity index (χ3n) is 4.01. The van der Waals surface area contributed by atoms with Gasteiger partial charge in [-0.15, -0.1) is 0 Å². The van der Waals surface area contributed by atoms with Crippen LogP contribution in [0.5, 0.6) is 5.75 Å². The topological polar surface area (TPSA) is 61.6 Å². The molecule has 0 amide bonds. The second-order valence-electron chi connectivity index (χ2n) is 6.40. The standard InChI is InChI=1S/C22H25NO4S2/c1-2-3-13-28-15-18(14-25-17-9-5-4-6-10-17)26-21(24)16-29-22-23-19-11-7-8-12-20(19)27-22/h4-12,18H,2-3,13-16H2,1H3. The molecule has 0 N–H and O–H groups in total. The number of esters is 1. The van der Waals surface area contributed by atoms with Crippen molar-refractivity contribution >= 4 is 40.6 Å². The van der Waals surface area contributed by atoms with Gasteiger partial charge in [-0.05, 0) is 36.4 Å². The van der Waals surface area contributed by atoms with E-state index in [1.165, 1.54) is 11.8 Å². The van der Waals surface area contributed by atoms with E-state index < -0.39 is 0 Å². The quantitative estimate of drug-likeness (QED) is 0.215. The number of oxazole rings is 1. The fraction of sp³-hybridized carbons (Fsp3) is 0.364. The van der Waals surface area contributed by atoms with Gasteiger partial charge in [-0.25, -0.2) is 4.98 Å². The van der Waals surface area contributed by atoms with Gasteiger partial charge in [-0.2, -0.15) is 11.8 Å². The van der Waals surface area contributed by atoms with Crippen LogP contribution in [-0.4, -0.2) is 40.9 Å². The third-order valence-corrected chi connectivity index (χ3v) is 6.00. The Hall–Kier alpha value is -2.12. The van der Waals surface area contributed by atoms with Gasteiger partial charge in [0.1, 0.15) is 29.7 Å². The van der Waals surface area contributed by atoms with Crippen molar-refractivity contribution in [3.63, 3.8) is 0 Å². The van der Waals surface area contributed by atoms with Crippen molar-refractivity contribution in [3.8, 4) is 5.75 Å². The Bertz CT molecular complexity index is 852. The summed E-state index contributed by atoms with van der Waals surface area (Å²) in [5.41, 5.74) is 1.50. The third kappa shape index (κ3) is 7.33. The molecule has 1 atom stereocenters. The molecule has 0 aliphatic rings. The number of carbonyl (C=O) groups is 1. The van der Waals surface area contributed by atoms with Gasteiger partial charge in [0.2, 0.25) is 0 Å². The Balaban J connectivity index is 1.49. The van der Waals surface area contributed by atoms with Crippen molar-refractivity contribution in [1.29, 1.82) is 0 Å². The fourth-order valence-corrected chi connectivity index (χ4v) is 4.24. The molecule has 0 aliphatic heterocycles. The fourth-order valence-electron chi connectivity index (χ4n) is 2.54.